The molecule has 1 aromatic rings. The average molecular weight is 296 g/mol. The average Bonchev–Trinajstić information content (AvgIpc) is 2.68. The number of halogens is 5. The molecular formula is C12H10ClF4NO. The summed E-state index contributed by atoms with van der Waals surface area (Å²) in [5.74, 6) is -1.41. The second-order valence-corrected chi connectivity index (χ2v) is 4.70. The minimum Gasteiger partial charge on any atom is -0.312 e. The third-order valence-electron chi connectivity index (χ3n) is 2.99. The SMILES string of the molecule is O=C1CC(CCl)CN1c1ccc(C(F)(F)F)c(F)c1. The van der Waals surface area contributed by atoms with Crippen LogP contribution < -0.4 is 4.90 Å². The predicted molar refractivity (Wildman–Crippen MR) is 62.6 cm³/mol. The molecule has 0 saturated carbocycles. The van der Waals surface area contributed by atoms with Crippen LogP contribution in [0.15, 0.2) is 18.2 Å². The zero-order chi connectivity index (χ0) is 14.2. The van der Waals surface area contributed by atoms with E-state index >= 15 is 0 Å². The number of benzene rings is 1. The van der Waals surface area contributed by atoms with Crippen molar-refractivity contribution in [2.24, 2.45) is 5.92 Å². The number of carbonyl (C=O) groups is 1. The molecule has 1 saturated heterocycles. The molecule has 1 amide bonds. The number of anilines is 1. The Balaban J connectivity index is 2.28. The Morgan fingerprint density at radius 1 is 1.37 bits per heavy atom. The van der Waals surface area contributed by atoms with Crippen molar-refractivity contribution in [1.29, 1.82) is 0 Å². The van der Waals surface area contributed by atoms with Crippen LogP contribution in [0.1, 0.15) is 12.0 Å². The van der Waals surface area contributed by atoms with Gasteiger partial charge in [0.05, 0.1) is 5.56 Å². The molecule has 2 rings (SSSR count). The van der Waals surface area contributed by atoms with Gasteiger partial charge in [-0.05, 0) is 24.1 Å². The molecule has 1 aliphatic heterocycles. The molecule has 0 radical (unpaired) electrons. The highest BCUT2D eigenvalue weighted by Crippen LogP contribution is 2.34. The van der Waals surface area contributed by atoms with E-state index in [0.29, 0.717) is 12.6 Å². The van der Waals surface area contributed by atoms with E-state index in [-0.39, 0.29) is 29.8 Å². The van der Waals surface area contributed by atoms with Crippen molar-refractivity contribution >= 4 is 23.2 Å². The summed E-state index contributed by atoms with van der Waals surface area (Å²) in [6.45, 7) is 0.299. The third-order valence-corrected chi connectivity index (χ3v) is 3.43. The van der Waals surface area contributed by atoms with E-state index in [4.69, 9.17) is 11.6 Å². The minimum absolute atomic E-state index is 0.0560. The van der Waals surface area contributed by atoms with E-state index in [9.17, 15) is 22.4 Å². The van der Waals surface area contributed by atoms with Crippen molar-refractivity contribution in [3.05, 3.63) is 29.6 Å². The predicted octanol–water partition coefficient (Wildman–Crippen LogP) is 3.44. The first-order chi connectivity index (χ1) is 8.82. The van der Waals surface area contributed by atoms with Gasteiger partial charge >= 0.3 is 6.18 Å². The Bertz CT molecular complexity index is 503. The Kier molecular flexibility index (Phi) is 3.71. The van der Waals surface area contributed by atoms with E-state index in [0.717, 1.165) is 12.1 Å². The maximum Gasteiger partial charge on any atom is 0.419 e. The molecule has 1 unspecified atom stereocenters. The Labute approximate surface area is 112 Å². The number of hydrogen-bond acceptors (Lipinski definition) is 1. The quantitative estimate of drug-likeness (QED) is 0.604. The molecule has 1 aliphatic rings. The largest absolute Gasteiger partial charge is 0.419 e. The smallest absolute Gasteiger partial charge is 0.312 e. The fraction of sp³-hybridized carbons (Fsp3) is 0.417. The van der Waals surface area contributed by atoms with Gasteiger partial charge in [0.25, 0.3) is 0 Å². The van der Waals surface area contributed by atoms with Gasteiger partial charge in [-0.3, -0.25) is 4.79 Å². The fourth-order valence-corrected chi connectivity index (χ4v) is 2.24. The molecule has 1 aromatic carbocycles. The first-order valence-electron chi connectivity index (χ1n) is 5.56. The topological polar surface area (TPSA) is 20.3 Å². The molecule has 0 aliphatic carbocycles. The monoisotopic (exact) mass is 295 g/mol. The molecule has 0 bridgehead atoms. The maximum absolute atomic E-state index is 13.4. The molecule has 1 atom stereocenters. The lowest BCUT2D eigenvalue weighted by atomic mass is 10.1. The lowest BCUT2D eigenvalue weighted by Crippen LogP contribution is -2.25. The van der Waals surface area contributed by atoms with Gasteiger partial charge in [-0.2, -0.15) is 13.2 Å². The summed E-state index contributed by atoms with van der Waals surface area (Å²) in [6, 6.07) is 2.48. The van der Waals surface area contributed by atoms with Crippen LogP contribution in [-0.2, 0) is 11.0 Å². The van der Waals surface area contributed by atoms with Gasteiger partial charge < -0.3 is 4.90 Å². The summed E-state index contributed by atoms with van der Waals surface area (Å²) in [5, 5.41) is 0. The molecule has 2 nitrogen and oxygen atoms in total. The van der Waals surface area contributed by atoms with Gasteiger partial charge in [-0.1, -0.05) is 0 Å². The number of rotatable bonds is 2. The van der Waals surface area contributed by atoms with Crippen molar-refractivity contribution in [3.63, 3.8) is 0 Å². The highest BCUT2D eigenvalue weighted by molar-refractivity contribution is 6.18. The van der Waals surface area contributed by atoms with Gasteiger partial charge in [-0.15, -0.1) is 11.6 Å². The van der Waals surface area contributed by atoms with Crippen molar-refractivity contribution in [2.75, 3.05) is 17.3 Å². The van der Waals surface area contributed by atoms with Crippen LogP contribution in [0, 0.1) is 11.7 Å². The Morgan fingerprint density at radius 2 is 2.05 bits per heavy atom. The fourth-order valence-electron chi connectivity index (χ4n) is 2.04. The summed E-state index contributed by atoms with van der Waals surface area (Å²) in [7, 11) is 0. The lowest BCUT2D eigenvalue weighted by molar-refractivity contribution is -0.139. The summed E-state index contributed by atoms with van der Waals surface area (Å²) in [4.78, 5) is 12.9. The molecule has 19 heavy (non-hydrogen) atoms. The van der Waals surface area contributed by atoms with Gasteiger partial charge in [0.15, 0.2) is 0 Å². The van der Waals surface area contributed by atoms with E-state index < -0.39 is 17.6 Å². The van der Waals surface area contributed by atoms with Crippen LogP contribution in [0.4, 0.5) is 23.2 Å². The van der Waals surface area contributed by atoms with Gasteiger partial charge in [0.1, 0.15) is 5.82 Å². The molecule has 7 heteroatoms. The minimum atomic E-state index is -4.74. The molecular weight excluding hydrogens is 286 g/mol. The van der Waals surface area contributed by atoms with Crippen LogP contribution in [0.2, 0.25) is 0 Å². The maximum atomic E-state index is 13.4. The van der Waals surface area contributed by atoms with Crippen molar-refractivity contribution < 1.29 is 22.4 Å². The van der Waals surface area contributed by atoms with Gasteiger partial charge in [-0.25, -0.2) is 4.39 Å². The highest BCUT2D eigenvalue weighted by Gasteiger charge is 2.35. The van der Waals surface area contributed by atoms with Crippen molar-refractivity contribution in [1.82, 2.24) is 0 Å². The summed E-state index contributed by atoms with van der Waals surface area (Å²) >= 11 is 5.64. The van der Waals surface area contributed by atoms with Crippen LogP contribution in [0.25, 0.3) is 0 Å². The number of carbonyl (C=O) groups excluding carboxylic acids is 1. The van der Waals surface area contributed by atoms with E-state index in [1.807, 2.05) is 0 Å². The summed E-state index contributed by atoms with van der Waals surface area (Å²) < 4.78 is 50.7. The van der Waals surface area contributed by atoms with Crippen LogP contribution >= 0.6 is 11.6 Å². The molecule has 0 spiro atoms. The molecule has 0 aromatic heterocycles. The Hall–Kier alpha value is -1.30. The number of nitrogens with zero attached hydrogens (tertiary/aromatic N) is 1. The van der Waals surface area contributed by atoms with Crippen molar-refractivity contribution in [3.8, 4) is 0 Å². The summed E-state index contributed by atoms with van der Waals surface area (Å²) in [5.41, 5.74) is -1.21. The first kappa shape index (κ1) is 14.1. The molecule has 0 N–H and O–H groups in total. The van der Waals surface area contributed by atoms with E-state index in [2.05, 4.69) is 0 Å². The van der Waals surface area contributed by atoms with Gasteiger partial charge in [0.2, 0.25) is 5.91 Å². The van der Waals surface area contributed by atoms with Crippen LogP contribution in [-0.4, -0.2) is 18.3 Å². The summed E-state index contributed by atoms with van der Waals surface area (Å²) in [6.07, 6.45) is -4.51. The third kappa shape index (κ3) is 2.83. The standard InChI is InChI=1S/C12H10ClF4NO/c13-5-7-3-11(19)18(6-7)8-1-2-9(10(14)4-8)12(15,16)17/h1-2,4,7H,3,5-6H2. The Morgan fingerprint density at radius 3 is 2.53 bits per heavy atom. The van der Waals surface area contributed by atoms with Crippen LogP contribution in [0.5, 0.6) is 0 Å². The zero-order valence-electron chi connectivity index (χ0n) is 9.68. The molecule has 104 valence electrons. The number of amides is 1. The molecule has 1 fully saturated rings. The lowest BCUT2D eigenvalue weighted by Gasteiger charge is -2.18. The highest BCUT2D eigenvalue weighted by atomic mass is 35.5. The first-order valence-corrected chi connectivity index (χ1v) is 6.09. The van der Waals surface area contributed by atoms with Gasteiger partial charge in [0, 0.05) is 24.5 Å². The second-order valence-electron chi connectivity index (χ2n) is 4.39. The normalized spacial score (nSPS) is 20.2. The van der Waals surface area contributed by atoms with Crippen molar-refractivity contribution in [2.45, 2.75) is 12.6 Å². The second kappa shape index (κ2) is 5.00. The van der Waals surface area contributed by atoms with E-state index in [1.165, 1.54) is 4.90 Å². The van der Waals surface area contributed by atoms with E-state index in [1.54, 1.807) is 0 Å². The van der Waals surface area contributed by atoms with Crippen LogP contribution in [0.3, 0.4) is 0 Å². The number of alkyl halides is 4. The number of hydrogen-bond donors (Lipinski definition) is 0. The zero-order valence-corrected chi connectivity index (χ0v) is 10.4. The molecule has 1 heterocycles.